The van der Waals surface area contributed by atoms with Crippen molar-refractivity contribution in [2.45, 2.75) is 0 Å². The zero-order chi connectivity index (χ0) is 14.2. The Bertz CT molecular complexity index is 792. The number of benzene rings is 1. The van der Waals surface area contributed by atoms with Gasteiger partial charge in [-0.1, -0.05) is 5.21 Å². The summed E-state index contributed by atoms with van der Waals surface area (Å²) in [6.45, 7) is 1.14. The monoisotopic (exact) mass is 283 g/mol. The highest BCUT2D eigenvalue weighted by Gasteiger charge is 2.14. The standard InChI is InChI=1S/C14H13N5O2/c1-18-5-4-15-14(18)11-9-19(17-16-11)10-2-3-12-13(8-10)21-7-6-20-12/h2-5,8-9H,6-7H2,1H3. The van der Waals surface area contributed by atoms with E-state index in [9.17, 15) is 0 Å². The van der Waals surface area contributed by atoms with Gasteiger partial charge in [-0.25, -0.2) is 9.67 Å². The zero-order valence-corrected chi connectivity index (χ0v) is 11.4. The Labute approximate surface area is 120 Å². The highest BCUT2D eigenvalue weighted by atomic mass is 16.6. The van der Waals surface area contributed by atoms with Crippen molar-refractivity contribution in [3.63, 3.8) is 0 Å². The molecule has 0 aliphatic carbocycles. The van der Waals surface area contributed by atoms with Crippen molar-refractivity contribution >= 4 is 0 Å². The summed E-state index contributed by atoms with van der Waals surface area (Å²) in [5, 5.41) is 8.31. The van der Waals surface area contributed by atoms with Gasteiger partial charge in [0.2, 0.25) is 0 Å². The molecule has 0 bridgehead atoms. The molecular weight excluding hydrogens is 270 g/mol. The van der Waals surface area contributed by atoms with Gasteiger partial charge in [0.15, 0.2) is 17.3 Å². The molecule has 3 heterocycles. The molecule has 7 heteroatoms. The lowest BCUT2D eigenvalue weighted by molar-refractivity contribution is 0.171. The molecule has 7 nitrogen and oxygen atoms in total. The van der Waals surface area contributed by atoms with E-state index in [1.54, 1.807) is 10.9 Å². The lowest BCUT2D eigenvalue weighted by atomic mass is 10.2. The molecule has 0 unspecified atom stereocenters. The maximum absolute atomic E-state index is 5.58. The van der Waals surface area contributed by atoms with Crippen LogP contribution in [-0.2, 0) is 7.05 Å². The van der Waals surface area contributed by atoms with E-state index in [0.29, 0.717) is 13.2 Å². The van der Waals surface area contributed by atoms with Gasteiger partial charge in [0.1, 0.15) is 18.9 Å². The van der Waals surface area contributed by atoms with E-state index in [4.69, 9.17) is 9.47 Å². The van der Waals surface area contributed by atoms with E-state index in [1.807, 2.05) is 42.2 Å². The lowest BCUT2D eigenvalue weighted by Crippen LogP contribution is -2.15. The number of imidazole rings is 1. The van der Waals surface area contributed by atoms with E-state index < -0.39 is 0 Å². The van der Waals surface area contributed by atoms with Gasteiger partial charge in [0.25, 0.3) is 0 Å². The second-order valence-corrected chi connectivity index (χ2v) is 4.74. The lowest BCUT2D eigenvalue weighted by Gasteiger charge is -2.18. The quantitative estimate of drug-likeness (QED) is 0.712. The molecule has 0 saturated heterocycles. The van der Waals surface area contributed by atoms with E-state index in [0.717, 1.165) is 28.7 Å². The summed E-state index contributed by atoms with van der Waals surface area (Å²) in [5.74, 6) is 2.26. The van der Waals surface area contributed by atoms with Crippen molar-refractivity contribution in [3.8, 4) is 28.7 Å². The van der Waals surface area contributed by atoms with Crippen LogP contribution in [-0.4, -0.2) is 37.8 Å². The van der Waals surface area contributed by atoms with Crippen LogP contribution in [0.25, 0.3) is 17.2 Å². The summed E-state index contributed by atoms with van der Waals surface area (Å²) in [6, 6.07) is 5.70. The molecule has 0 N–H and O–H groups in total. The van der Waals surface area contributed by atoms with Crippen molar-refractivity contribution < 1.29 is 9.47 Å². The second-order valence-electron chi connectivity index (χ2n) is 4.74. The smallest absolute Gasteiger partial charge is 0.163 e. The maximum atomic E-state index is 5.58. The predicted octanol–water partition coefficient (Wildman–Crippen LogP) is 1.44. The average molecular weight is 283 g/mol. The summed E-state index contributed by atoms with van der Waals surface area (Å²) in [7, 11) is 1.92. The third kappa shape index (κ3) is 2.03. The van der Waals surface area contributed by atoms with E-state index in [-0.39, 0.29) is 0 Å². The van der Waals surface area contributed by atoms with Crippen molar-refractivity contribution in [2.24, 2.45) is 7.05 Å². The Hall–Kier alpha value is -2.83. The van der Waals surface area contributed by atoms with Gasteiger partial charge in [-0.15, -0.1) is 5.10 Å². The summed E-state index contributed by atoms with van der Waals surface area (Å²) in [5.41, 5.74) is 1.59. The molecule has 1 aliphatic rings. The number of ether oxygens (including phenoxy) is 2. The molecule has 0 atom stereocenters. The van der Waals surface area contributed by atoms with Crippen LogP contribution in [0.1, 0.15) is 0 Å². The Kier molecular flexibility index (Phi) is 2.63. The number of fused-ring (bicyclic) bond motifs is 1. The van der Waals surface area contributed by atoms with Crippen LogP contribution in [0.15, 0.2) is 36.8 Å². The van der Waals surface area contributed by atoms with Crippen molar-refractivity contribution in [1.82, 2.24) is 24.5 Å². The van der Waals surface area contributed by atoms with E-state index in [1.165, 1.54) is 0 Å². The Balaban J connectivity index is 1.71. The largest absolute Gasteiger partial charge is 0.486 e. The number of aryl methyl sites for hydroxylation is 1. The average Bonchev–Trinajstić information content (AvgIpc) is 3.15. The minimum atomic E-state index is 0.562. The Morgan fingerprint density at radius 2 is 2.00 bits per heavy atom. The van der Waals surface area contributed by atoms with Crippen molar-refractivity contribution in [3.05, 3.63) is 36.8 Å². The fourth-order valence-electron chi connectivity index (χ4n) is 2.28. The molecular formula is C14H13N5O2. The Morgan fingerprint density at radius 1 is 1.14 bits per heavy atom. The van der Waals surface area contributed by atoms with Crippen LogP contribution in [0.3, 0.4) is 0 Å². The van der Waals surface area contributed by atoms with Gasteiger partial charge in [0.05, 0.1) is 11.9 Å². The first-order valence-electron chi connectivity index (χ1n) is 6.61. The van der Waals surface area contributed by atoms with Crippen LogP contribution in [0.4, 0.5) is 0 Å². The molecule has 0 fully saturated rings. The SMILES string of the molecule is Cn1ccnc1-c1cn(-c2ccc3c(c2)OCCO3)nn1. The van der Waals surface area contributed by atoms with Crippen LogP contribution >= 0.6 is 0 Å². The minimum Gasteiger partial charge on any atom is -0.486 e. The number of hydrogen-bond donors (Lipinski definition) is 0. The molecule has 0 saturated carbocycles. The predicted molar refractivity (Wildman–Crippen MR) is 74.6 cm³/mol. The number of aromatic nitrogens is 5. The van der Waals surface area contributed by atoms with Crippen molar-refractivity contribution in [1.29, 1.82) is 0 Å². The van der Waals surface area contributed by atoms with E-state index >= 15 is 0 Å². The molecule has 106 valence electrons. The molecule has 2 aromatic heterocycles. The third-order valence-electron chi connectivity index (χ3n) is 3.33. The summed E-state index contributed by atoms with van der Waals surface area (Å²) >= 11 is 0. The van der Waals surface area contributed by atoms with E-state index in [2.05, 4.69) is 15.3 Å². The molecule has 0 amide bonds. The normalized spacial score (nSPS) is 13.4. The fraction of sp³-hybridized carbons (Fsp3) is 0.214. The van der Waals surface area contributed by atoms with Crippen LogP contribution in [0.2, 0.25) is 0 Å². The number of hydrogen-bond acceptors (Lipinski definition) is 5. The molecule has 4 rings (SSSR count). The van der Waals surface area contributed by atoms with Crippen molar-refractivity contribution in [2.75, 3.05) is 13.2 Å². The zero-order valence-electron chi connectivity index (χ0n) is 11.4. The van der Waals surface area contributed by atoms with Gasteiger partial charge in [-0.3, -0.25) is 0 Å². The van der Waals surface area contributed by atoms with Crippen LogP contribution in [0, 0.1) is 0 Å². The highest BCUT2D eigenvalue weighted by Crippen LogP contribution is 2.31. The number of nitrogens with zero attached hydrogens (tertiary/aromatic N) is 5. The summed E-state index contributed by atoms with van der Waals surface area (Å²) < 4.78 is 14.7. The van der Waals surface area contributed by atoms with Gasteiger partial charge in [-0.05, 0) is 12.1 Å². The minimum absolute atomic E-state index is 0.562. The fourth-order valence-corrected chi connectivity index (χ4v) is 2.28. The first-order valence-corrected chi connectivity index (χ1v) is 6.61. The van der Waals surface area contributed by atoms with Crippen LogP contribution in [0.5, 0.6) is 11.5 Å². The Morgan fingerprint density at radius 3 is 2.81 bits per heavy atom. The highest BCUT2D eigenvalue weighted by molar-refractivity contribution is 5.52. The van der Waals surface area contributed by atoms with Gasteiger partial charge >= 0.3 is 0 Å². The maximum Gasteiger partial charge on any atom is 0.163 e. The number of rotatable bonds is 2. The molecule has 0 radical (unpaired) electrons. The summed E-state index contributed by atoms with van der Waals surface area (Å²) in [4.78, 5) is 4.27. The van der Waals surface area contributed by atoms with Crippen LogP contribution < -0.4 is 9.47 Å². The third-order valence-corrected chi connectivity index (χ3v) is 3.33. The summed E-state index contributed by atoms with van der Waals surface area (Å²) in [6.07, 6.45) is 5.45. The molecule has 1 aliphatic heterocycles. The van der Waals surface area contributed by atoms with Gasteiger partial charge < -0.3 is 14.0 Å². The molecule has 0 spiro atoms. The molecule has 1 aromatic carbocycles. The first-order chi connectivity index (χ1) is 10.3. The topological polar surface area (TPSA) is 67.0 Å². The first kappa shape index (κ1) is 12.0. The molecule has 3 aromatic rings. The molecule has 21 heavy (non-hydrogen) atoms. The van der Waals surface area contributed by atoms with Gasteiger partial charge in [-0.2, -0.15) is 0 Å². The second kappa shape index (κ2) is 4.62. The van der Waals surface area contributed by atoms with Gasteiger partial charge in [0, 0.05) is 25.5 Å².